The molecule has 0 bridgehead atoms. The van der Waals surface area contributed by atoms with Gasteiger partial charge in [0.15, 0.2) is 0 Å². The Kier molecular flexibility index (Phi) is 8.51. The zero-order chi connectivity index (χ0) is 33.9. The minimum atomic E-state index is 0.936. The van der Waals surface area contributed by atoms with E-state index in [0.717, 1.165) is 34.9 Å². The van der Waals surface area contributed by atoms with E-state index in [1.165, 1.54) is 65.9 Å². The molecular weight excluding hydrogens is 601 g/mol. The normalized spacial score (nSPS) is 12.4. The van der Waals surface area contributed by atoms with Gasteiger partial charge in [-0.1, -0.05) is 177 Å². The molecule has 1 aliphatic rings. The molecule has 50 heavy (non-hydrogen) atoms. The fraction of sp³-hybridized carbons (Fsp3) is 0.0400. The number of fused-ring (bicyclic) bond motifs is 4. The highest BCUT2D eigenvalue weighted by Crippen LogP contribution is 2.38. The van der Waals surface area contributed by atoms with Crippen LogP contribution in [0.3, 0.4) is 0 Å². The molecule has 0 aliphatic heterocycles. The maximum Gasteiger partial charge on any atom is -0.00933 e. The van der Waals surface area contributed by atoms with Crippen LogP contribution in [0.1, 0.15) is 28.7 Å². The topological polar surface area (TPSA) is 0 Å². The number of benzene rings is 6. The molecular formula is C50H38. The van der Waals surface area contributed by atoms with Crippen molar-refractivity contribution < 1.29 is 0 Å². The number of allylic oxidation sites excluding steroid dienone is 5. The molecule has 0 nitrogen and oxygen atoms in total. The van der Waals surface area contributed by atoms with Crippen molar-refractivity contribution in [3.05, 3.63) is 211 Å². The smallest absolute Gasteiger partial charge is 0.00933 e. The van der Waals surface area contributed by atoms with Gasteiger partial charge < -0.3 is 0 Å². The van der Waals surface area contributed by atoms with Crippen molar-refractivity contribution in [1.82, 2.24) is 0 Å². The van der Waals surface area contributed by atoms with Gasteiger partial charge in [0.25, 0.3) is 0 Å². The number of hydrogen-bond donors (Lipinski definition) is 0. The summed E-state index contributed by atoms with van der Waals surface area (Å²) in [6.45, 7) is 8.51. The lowest BCUT2D eigenvalue weighted by atomic mass is 9.86. The van der Waals surface area contributed by atoms with Crippen molar-refractivity contribution >= 4 is 49.5 Å². The second kappa shape index (κ2) is 13.7. The largest absolute Gasteiger partial charge is 0.0991 e. The van der Waals surface area contributed by atoms with Crippen LogP contribution in [0, 0.1) is 0 Å². The van der Waals surface area contributed by atoms with Crippen molar-refractivity contribution in [2.45, 2.75) is 12.8 Å². The van der Waals surface area contributed by atoms with Crippen LogP contribution in [-0.4, -0.2) is 0 Å². The monoisotopic (exact) mass is 638 g/mol. The minimum Gasteiger partial charge on any atom is -0.0991 e. The highest BCUT2D eigenvalue weighted by molar-refractivity contribution is 6.04. The van der Waals surface area contributed by atoms with E-state index in [1.54, 1.807) is 0 Å². The predicted molar refractivity (Wildman–Crippen MR) is 218 cm³/mol. The van der Waals surface area contributed by atoms with Gasteiger partial charge in [-0.3, -0.25) is 0 Å². The third kappa shape index (κ3) is 6.20. The molecule has 0 N–H and O–H groups in total. The maximum absolute atomic E-state index is 4.58. The van der Waals surface area contributed by atoms with E-state index in [2.05, 4.69) is 183 Å². The highest BCUT2D eigenvalue weighted by Gasteiger charge is 2.15. The van der Waals surface area contributed by atoms with Gasteiger partial charge in [0.2, 0.25) is 0 Å². The summed E-state index contributed by atoms with van der Waals surface area (Å²) in [6, 6.07) is 57.6. The van der Waals surface area contributed by atoms with E-state index >= 15 is 0 Å². The SMILES string of the molecule is C=CC=CC(=C)c1cccc(-c2ccc3ccccc3c2)ccc(C2=Cc3ccccc3CC2)c2ccc(-c3ccc4ccccc4c3)cc12. The zero-order valence-electron chi connectivity index (χ0n) is 28.1. The third-order valence-electron chi connectivity index (χ3n) is 9.91. The summed E-state index contributed by atoms with van der Waals surface area (Å²) < 4.78 is 0. The summed E-state index contributed by atoms with van der Waals surface area (Å²) in [5.41, 5.74) is 12.0. The minimum absolute atomic E-state index is 0.936. The summed E-state index contributed by atoms with van der Waals surface area (Å²) in [4.78, 5) is 0. The molecule has 238 valence electrons. The summed E-state index contributed by atoms with van der Waals surface area (Å²) in [6.07, 6.45) is 10.2. The van der Waals surface area contributed by atoms with Crippen molar-refractivity contribution in [1.29, 1.82) is 0 Å². The molecule has 1 aliphatic carbocycles. The first-order valence-corrected chi connectivity index (χ1v) is 17.4. The van der Waals surface area contributed by atoms with Crippen LogP contribution in [0.2, 0.25) is 0 Å². The lowest BCUT2D eigenvalue weighted by Crippen LogP contribution is -1.99. The Hall–Kier alpha value is -6.24. The first kappa shape index (κ1) is 31.1. The van der Waals surface area contributed by atoms with Gasteiger partial charge in [0.05, 0.1) is 0 Å². The predicted octanol–water partition coefficient (Wildman–Crippen LogP) is 13.8. The average molecular weight is 639 g/mol. The number of rotatable bonds is 6. The van der Waals surface area contributed by atoms with Crippen LogP contribution in [-0.2, 0) is 6.42 Å². The summed E-state index contributed by atoms with van der Waals surface area (Å²) in [7, 11) is 0. The van der Waals surface area contributed by atoms with Crippen molar-refractivity contribution in [3.8, 4) is 22.3 Å². The lowest BCUT2D eigenvalue weighted by Gasteiger charge is -2.18. The van der Waals surface area contributed by atoms with Crippen LogP contribution in [0.4, 0.5) is 0 Å². The van der Waals surface area contributed by atoms with Gasteiger partial charge in [-0.15, -0.1) is 0 Å². The molecule has 0 spiro atoms. The Balaban J connectivity index is 1.43. The van der Waals surface area contributed by atoms with E-state index in [1.807, 2.05) is 12.2 Å². The first-order chi connectivity index (χ1) is 24.6. The molecule has 0 unspecified atom stereocenters. The van der Waals surface area contributed by atoms with Crippen LogP contribution in [0.25, 0.3) is 71.8 Å². The molecule has 7 aromatic carbocycles. The standard InChI is InChI=1S/C50H38/c1-3-4-12-35(2)47-20-11-19-39(43-24-21-36-13-5-8-16-40(36)31-43)27-29-48(46-26-23-38-15-7-10-18-42(38)33-46)49-30-28-45(34-50(47)49)44-25-22-37-14-6-9-17-41(37)32-44/h3-22,24-25,27-34H,1-2,23,26H2. The second-order valence-corrected chi connectivity index (χ2v) is 13.0. The fourth-order valence-electron chi connectivity index (χ4n) is 7.25. The molecule has 7 aromatic rings. The molecule has 0 heterocycles. The van der Waals surface area contributed by atoms with Crippen LogP contribution in [0.15, 0.2) is 189 Å². The Morgan fingerprint density at radius 3 is 1.86 bits per heavy atom. The maximum atomic E-state index is 4.58. The van der Waals surface area contributed by atoms with Crippen LogP contribution < -0.4 is 0 Å². The molecule has 0 saturated carbocycles. The van der Waals surface area contributed by atoms with Crippen molar-refractivity contribution in [3.63, 3.8) is 0 Å². The summed E-state index contributed by atoms with van der Waals surface area (Å²) in [5, 5.41) is 7.31. The first-order valence-electron chi connectivity index (χ1n) is 17.4. The van der Waals surface area contributed by atoms with Gasteiger partial charge in [0, 0.05) is 0 Å². The molecule has 0 radical (unpaired) electrons. The molecule has 0 saturated heterocycles. The van der Waals surface area contributed by atoms with Crippen molar-refractivity contribution in [2.24, 2.45) is 0 Å². The molecule has 0 atom stereocenters. The van der Waals surface area contributed by atoms with Gasteiger partial charge >= 0.3 is 0 Å². The van der Waals surface area contributed by atoms with Gasteiger partial charge in [-0.25, -0.2) is 0 Å². The molecule has 0 aromatic heterocycles. The van der Waals surface area contributed by atoms with E-state index in [9.17, 15) is 0 Å². The lowest BCUT2D eigenvalue weighted by molar-refractivity contribution is 1.00. The van der Waals surface area contributed by atoms with E-state index < -0.39 is 0 Å². The third-order valence-corrected chi connectivity index (χ3v) is 9.91. The highest BCUT2D eigenvalue weighted by atomic mass is 14.2. The number of hydrogen-bond acceptors (Lipinski definition) is 0. The quantitative estimate of drug-likeness (QED) is 0.159. The molecule has 0 heteroatoms. The van der Waals surface area contributed by atoms with Gasteiger partial charge in [0.1, 0.15) is 0 Å². The van der Waals surface area contributed by atoms with Gasteiger partial charge in [-0.2, -0.15) is 0 Å². The number of aryl methyl sites for hydroxylation is 1. The zero-order valence-corrected chi connectivity index (χ0v) is 28.1. The summed E-state index contributed by atoms with van der Waals surface area (Å²) in [5.74, 6) is 0. The van der Waals surface area contributed by atoms with E-state index in [-0.39, 0.29) is 0 Å². The Morgan fingerprint density at radius 1 is 0.500 bits per heavy atom. The molecule has 0 amide bonds. The van der Waals surface area contributed by atoms with Crippen molar-refractivity contribution in [2.75, 3.05) is 0 Å². The summed E-state index contributed by atoms with van der Waals surface area (Å²) >= 11 is 0. The van der Waals surface area contributed by atoms with Crippen LogP contribution >= 0.6 is 0 Å². The second-order valence-electron chi connectivity index (χ2n) is 13.0. The fourth-order valence-corrected chi connectivity index (χ4v) is 7.25. The Bertz CT molecular complexity index is 2570. The van der Waals surface area contributed by atoms with E-state index in [4.69, 9.17) is 0 Å². The van der Waals surface area contributed by atoms with Gasteiger partial charge in [-0.05, 0) is 119 Å². The van der Waals surface area contributed by atoms with E-state index in [0.29, 0.717) is 0 Å². The average Bonchev–Trinajstić information content (AvgIpc) is 3.17. The molecule has 0 fully saturated rings. The Labute approximate surface area is 295 Å². The van der Waals surface area contributed by atoms with Crippen LogP contribution in [0.5, 0.6) is 0 Å². The Morgan fingerprint density at radius 2 is 1.12 bits per heavy atom. The molecule has 8 rings (SSSR count).